The van der Waals surface area contributed by atoms with Gasteiger partial charge in [0.25, 0.3) is 0 Å². The van der Waals surface area contributed by atoms with Gasteiger partial charge in [0.1, 0.15) is 5.75 Å². The molecule has 1 heterocycles. The van der Waals surface area contributed by atoms with Gasteiger partial charge in [0.05, 0.1) is 12.5 Å². The van der Waals surface area contributed by atoms with Crippen molar-refractivity contribution >= 4 is 5.91 Å². The largest absolute Gasteiger partial charge is 0.497 e. The van der Waals surface area contributed by atoms with Crippen molar-refractivity contribution in [3.63, 3.8) is 0 Å². The molecule has 0 radical (unpaired) electrons. The Morgan fingerprint density at radius 1 is 1.33 bits per heavy atom. The molecule has 1 fully saturated rings. The number of hydrogen-bond acceptors (Lipinski definition) is 2. The van der Waals surface area contributed by atoms with E-state index in [1.807, 2.05) is 31.2 Å². The summed E-state index contributed by atoms with van der Waals surface area (Å²) in [6.07, 6.45) is 0.859. The Hall–Kier alpha value is -1.51. The molecule has 0 bridgehead atoms. The molecular formula is C12H15NO2. The maximum atomic E-state index is 11.7. The normalized spacial score (nSPS) is 25.1. The maximum Gasteiger partial charge on any atom is 0.230 e. The molecule has 0 saturated carbocycles. The minimum Gasteiger partial charge on any atom is -0.497 e. The molecule has 3 heteroatoms. The van der Waals surface area contributed by atoms with E-state index in [2.05, 4.69) is 5.32 Å². The van der Waals surface area contributed by atoms with Gasteiger partial charge in [-0.05, 0) is 31.0 Å². The molecule has 1 amide bonds. The topological polar surface area (TPSA) is 38.3 Å². The number of carbonyl (C=O) groups is 1. The summed E-state index contributed by atoms with van der Waals surface area (Å²) in [6.45, 7) is 2.75. The molecule has 80 valence electrons. The van der Waals surface area contributed by atoms with E-state index < -0.39 is 0 Å². The number of hydrogen-bond donors (Lipinski definition) is 1. The first-order valence-corrected chi connectivity index (χ1v) is 5.09. The Bertz CT molecular complexity index is 372. The van der Waals surface area contributed by atoms with Gasteiger partial charge in [-0.3, -0.25) is 4.79 Å². The van der Waals surface area contributed by atoms with E-state index in [-0.39, 0.29) is 11.3 Å². The summed E-state index contributed by atoms with van der Waals surface area (Å²) in [5, 5.41) is 2.87. The van der Waals surface area contributed by atoms with Crippen LogP contribution in [-0.2, 0) is 10.2 Å². The fourth-order valence-electron chi connectivity index (χ4n) is 1.97. The Labute approximate surface area is 89.4 Å². The van der Waals surface area contributed by atoms with E-state index >= 15 is 0 Å². The zero-order valence-electron chi connectivity index (χ0n) is 9.04. The highest BCUT2D eigenvalue weighted by Gasteiger charge is 2.38. The minimum atomic E-state index is -0.369. The highest BCUT2D eigenvalue weighted by molar-refractivity contribution is 5.89. The highest BCUT2D eigenvalue weighted by Crippen LogP contribution is 2.31. The van der Waals surface area contributed by atoms with Crippen LogP contribution in [0.2, 0.25) is 0 Å². The highest BCUT2D eigenvalue weighted by atomic mass is 16.5. The first kappa shape index (κ1) is 10.0. The average Bonchev–Trinajstić information content (AvgIpc) is 2.61. The molecule has 3 nitrogen and oxygen atoms in total. The van der Waals surface area contributed by atoms with Crippen LogP contribution in [0.3, 0.4) is 0 Å². The Morgan fingerprint density at radius 3 is 2.47 bits per heavy atom. The van der Waals surface area contributed by atoms with Crippen molar-refractivity contribution in [1.82, 2.24) is 5.32 Å². The van der Waals surface area contributed by atoms with Gasteiger partial charge in [0, 0.05) is 6.54 Å². The summed E-state index contributed by atoms with van der Waals surface area (Å²) >= 11 is 0. The predicted octanol–water partition coefficient (Wildman–Crippen LogP) is 1.47. The molecule has 0 spiro atoms. The van der Waals surface area contributed by atoms with Crippen molar-refractivity contribution in [3.05, 3.63) is 29.8 Å². The predicted molar refractivity (Wildman–Crippen MR) is 58.0 cm³/mol. The Morgan fingerprint density at radius 2 is 2.00 bits per heavy atom. The van der Waals surface area contributed by atoms with Gasteiger partial charge in [0.15, 0.2) is 0 Å². The summed E-state index contributed by atoms with van der Waals surface area (Å²) < 4.78 is 5.09. The van der Waals surface area contributed by atoms with Crippen LogP contribution in [0, 0.1) is 0 Å². The maximum absolute atomic E-state index is 11.7. The third kappa shape index (κ3) is 1.58. The van der Waals surface area contributed by atoms with Crippen LogP contribution in [0.25, 0.3) is 0 Å². The monoisotopic (exact) mass is 205 g/mol. The second kappa shape index (κ2) is 3.57. The number of nitrogens with one attached hydrogen (secondary N) is 1. The van der Waals surface area contributed by atoms with Crippen LogP contribution in [0.1, 0.15) is 18.9 Å². The molecule has 0 aliphatic carbocycles. The molecule has 1 atom stereocenters. The lowest BCUT2D eigenvalue weighted by Gasteiger charge is -2.20. The number of methoxy groups -OCH3 is 1. The zero-order chi connectivity index (χ0) is 10.9. The third-order valence-corrected chi connectivity index (χ3v) is 3.14. The lowest BCUT2D eigenvalue weighted by Crippen LogP contribution is -2.32. The third-order valence-electron chi connectivity index (χ3n) is 3.14. The van der Waals surface area contributed by atoms with Crippen LogP contribution in [0.5, 0.6) is 5.75 Å². The van der Waals surface area contributed by atoms with Crippen LogP contribution < -0.4 is 10.1 Å². The summed E-state index contributed by atoms with van der Waals surface area (Å²) in [5.41, 5.74) is 0.685. The quantitative estimate of drug-likeness (QED) is 0.794. The van der Waals surface area contributed by atoms with Crippen molar-refractivity contribution in [2.45, 2.75) is 18.8 Å². The summed E-state index contributed by atoms with van der Waals surface area (Å²) in [7, 11) is 1.64. The second-order valence-corrected chi connectivity index (χ2v) is 4.07. The van der Waals surface area contributed by atoms with Gasteiger partial charge in [-0.1, -0.05) is 12.1 Å². The molecule has 0 unspecified atom stereocenters. The van der Waals surface area contributed by atoms with E-state index in [4.69, 9.17) is 4.74 Å². The molecule has 0 aromatic heterocycles. The fourth-order valence-corrected chi connectivity index (χ4v) is 1.97. The molecule has 1 N–H and O–H groups in total. The smallest absolute Gasteiger partial charge is 0.230 e. The molecule has 1 saturated heterocycles. The minimum absolute atomic E-state index is 0.118. The number of amides is 1. The van der Waals surface area contributed by atoms with Gasteiger partial charge in [-0.25, -0.2) is 0 Å². The van der Waals surface area contributed by atoms with E-state index in [1.54, 1.807) is 7.11 Å². The van der Waals surface area contributed by atoms with Crippen molar-refractivity contribution in [2.24, 2.45) is 0 Å². The SMILES string of the molecule is COc1ccc([C@]2(C)CCNC2=O)cc1. The van der Waals surface area contributed by atoms with E-state index in [9.17, 15) is 4.79 Å². The first-order valence-electron chi connectivity index (χ1n) is 5.09. The van der Waals surface area contributed by atoms with Gasteiger partial charge in [-0.2, -0.15) is 0 Å². The van der Waals surface area contributed by atoms with E-state index in [0.717, 1.165) is 24.3 Å². The van der Waals surface area contributed by atoms with Gasteiger partial charge in [0.2, 0.25) is 5.91 Å². The number of rotatable bonds is 2. The second-order valence-electron chi connectivity index (χ2n) is 4.07. The standard InChI is InChI=1S/C12H15NO2/c1-12(7-8-13-11(12)14)9-3-5-10(15-2)6-4-9/h3-6H,7-8H2,1-2H3,(H,13,14)/t12-/m0/s1. The Kier molecular flexibility index (Phi) is 2.39. The summed E-state index contributed by atoms with van der Waals surface area (Å²) in [4.78, 5) is 11.7. The summed E-state index contributed by atoms with van der Waals surface area (Å²) in [5.74, 6) is 0.938. The number of ether oxygens (including phenoxy) is 1. The molecule has 1 aliphatic heterocycles. The molecule has 15 heavy (non-hydrogen) atoms. The molecule has 1 aromatic carbocycles. The van der Waals surface area contributed by atoms with E-state index in [1.165, 1.54) is 0 Å². The lowest BCUT2D eigenvalue weighted by atomic mass is 9.81. The van der Waals surface area contributed by atoms with Crippen LogP contribution >= 0.6 is 0 Å². The van der Waals surface area contributed by atoms with Crippen LogP contribution in [-0.4, -0.2) is 19.6 Å². The van der Waals surface area contributed by atoms with Crippen molar-refractivity contribution in [1.29, 1.82) is 0 Å². The van der Waals surface area contributed by atoms with E-state index in [0.29, 0.717) is 0 Å². The van der Waals surface area contributed by atoms with Gasteiger partial charge in [-0.15, -0.1) is 0 Å². The van der Waals surface area contributed by atoms with Crippen molar-refractivity contribution in [2.75, 3.05) is 13.7 Å². The molecule has 1 aromatic rings. The van der Waals surface area contributed by atoms with Crippen molar-refractivity contribution in [3.8, 4) is 5.75 Å². The van der Waals surface area contributed by atoms with Crippen LogP contribution in [0.15, 0.2) is 24.3 Å². The zero-order valence-corrected chi connectivity index (χ0v) is 9.04. The Balaban J connectivity index is 2.32. The number of carbonyl (C=O) groups excluding carboxylic acids is 1. The van der Waals surface area contributed by atoms with Crippen molar-refractivity contribution < 1.29 is 9.53 Å². The number of benzene rings is 1. The molecular weight excluding hydrogens is 190 g/mol. The lowest BCUT2D eigenvalue weighted by molar-refractivity contribution is -0.123. The average molecular weight is 205 g/mol. The van der Waals surface area contributed by atoms with Gasteiger partial charge >= 0.3 is 0 Å². The van der Waals surface area contributed by atoms with Gasteiger partial charge < -0.3 is 10.1 Å². The van der Waals surface area contributed by atoms with Crippen LogP contribution in [0.4, 0.5) is 0 Å². The fraction of sp³-hybridized carbons (Fsp3) is 0.417. The first-order chi connectivity index (χ1) is 7.16. The summed E-state index contributed by atoms with van der Waals surface area (Å²) in [6, 6.07) is 7.71. The molecule has 1 aliphatic rings. The molecule has 2 rings (SSSR count).